The van der Waals surface area contributed by atoms with Crippen LogP contribution in [0.5, 0.6) is 5.75 Å². The van der Waals surface area contributed by atoms with E-state index in [1.54, 1.807) is 18.5 Å². The fourth-order valence-corrected chi connectivity index (χ4v) is 1.48. The standard InChI is InChI=1S/C10H14N2O2/c11-9-6-12-4-3-10(9)14-8-2-1-5-13-7-8/h3-4,6,8H,1-2,5,7,11H2. The number of nitrogens with two attached hydrogens (primary N) is 1. The molecule has 0 saturated carbocycles. The summed E-state index contributed by atoms with van der Waals surface area (Å²) in [4.78, 5) is 3.90. The molecule has 0 amide bonds. The molecular formula is C10H14N2O2. The van der Waals surface area contributed by atoms with Gasteiger partial charge in [0.05, 0.1) is 18.5 Å². The van der Waals surface area contributed by atoms with Crippen molar-refractivity contribution in [2.45, 2.75) is 18.9 Å². The zero-order valence-electron chi connectivity index (χ0n) is 7.98. The van der Waals surface area contributed by atoms with E-state index in [9.17, 15) is 0 Å². The first-order valence-electron chi connectivity index (χ1n) is 4.80. The Morgan fingerprint density at radius 3 is 3.21 bits per heavy atom. The largest absolute Gasteiger partial charge is 0.486 e. The van der Waals surface area contributed by atoms with Crippen molar-refractivity contribution in [1.82, 2.24) is 4.98 Å². The van der Waals surface area contributed by atoms with Gasteiger partial charge in [0.25, 0.3) is 0 Å². The summed E-state index contributed by atoms with van der Waals surface area (Å²) in [6.07, 6.45) is 5.49. The van der Waals surface area contributed by atoms with E-state index in [-0.39, 0.29) is 6.10 Å². The van der Waals surface area contributed by atoms with Crippen LogP contribution in [0.2, 0.25) is 0 Å². The van der Waals surface area contributed by atoms with Crippen molar-refractivity contribution in [3.05, 3.63) is 18.5 Å². The Balaban J connectivity index is 1.99. The highest BCUT2D eigenvalue weighted by atomic mass is 16.5. The molecule has 1 unspecified atom stereocenters. The second-order valence-corrected chi connectivity index (χ2v) is 3.37. The van der Waals surface area contributed by atoms with E-state index in [0.29, 0.717) is 18.0 Å². The number of hydrogen-bond acceptors (Lipinski definition) is 4. The third-order valence-corrected chi connectivity index (χ3v) is 2.22. The van der Waals surface area contributed by atoms with Crippen molar-refractivity contribution in [1.29, 1.82) is 0 Å². The summed E-state index contributed by atoms with van der Waals surface area (Å²) in [5.41, 5.74) is 6.29. The van der Waals surface area contributed by atoms with Crippen LogP contribution in [0.3, 0.4) is 0 Å². The van der Waals surface area contributed by atoms with Crippen molar-refractivity contribution in [2.75, 3.05) is 18.9 Å². The Bertz CT molecular complexity index is 298. The van der Waals surface area contributed by atoms with Crippen molar-refractivity contribution in [3.63, 3.8) is 0 Å². The molecule has 2 rings (SSSR count). The van der Waals surface area contributed by atoms with Crippen LogP contribution in [0, 0.1) is 0 Å². The summed E-state index contributed by atoms with van der Waals surface area (Å²) >= 11 is 0. The number of rotatable bonds is 2. The Morgan fingerprint density at radius 1 is 1.57 bits per heavy atom. The first-order valence-corrected chi connectivity index (χ1v) is 4.80. The molecule has 0 aliphatic carbocycles. The average Bonchev–Trinajstić information content (AvgIpc) is 2.23. The molecule has 0 radical (unpaired) electrons. The Labute approximate surface area is 83.0 Å². The third-order valence-electron chi connectivity index (χ3n) is 2.22. The topological polar surface area (TPSA) is 57.4 Å². The van der Waals surface area contributed by atoms with Crippen LogP contribution >= 0.6 is 0 Å². The molecule has 4 heteroatoms. The predicted molar refractivity (Wildman–Crippen MR) is 53.1 cm³/mol. The van der Waals surface area contributed by atoms with Gasteiger partial charge in [0.2, 0.25) is 0 Å². The lowest BCUT2D eigenvalue weighted by molar-refractivity contribution is 0.00773. The van der Waals surface area contributed by atoms with Crippen LogP contribution < -0.4 is 10.5 Å². The SMILES string of the molecule is Nc1cnccc1OC1CCCOC1. The molecule has 2 heterocycles. The quantitative estimate of drug-likeness (QED) is 0.769. The monoisotopic (exact) mass is 194 g/mol. The molecule has 2 N–H and O–H groups in total. The highest BCUT2D eigenvalue weighted by Crippen LogP contribution is 2.22. The van der Waals surface area contributed by atoms with Crippen LogP contribution in [0.15, 0.2) is 18.5 Å². The van der Waals surface area contributed by atoms with Gasteiger partial charge in [-0.1, -0.05) is 0 Å². The summed E-state index contributed by atoms with van der Waals surface area (Å²) in [6, 6.07) is 1.78. The Kier molecular flexibility index (Phi) is 2.84. The third kappa shape index (κ3) is 2.14. The fraction of sp³-hybridized carbons (Fsp3) is 0.500. The average molecular weight is 194 g/mol. The molecule has 1 saturated heterocycles. The molecule has 0 bridgehead atoms. The van der Waals surface area contributed by atoms with Gasteiger partial charge in [-0.25, -0.2) is 0 Å². The zero-order valence-corrected chi connectivity index (χ0v) is 7.98. The van der Waals surface area contributed by atoms with E-state index in [0.717, 1.165) is 19.4 Å². The van der Waals surface area contributed by atoms with Gasteiger partial charge in [0, 0.05) is 18.9 Å². The summed E-state index contributed by atoms with van der Waals surface area (Å²) in [5, 5.41) is 0. The van der Waals surface area contributed by atoms with E-state index in [4.69, 9.17) is 15.2 Å². The van der Waals surface area contributed by atoms with E-state index >= 15 is 0 Å². The molecule has 76 valence electrons. The number of anilines is 1. The van der Waals surface area contributed by atoms with Gasteiger partial charge in [0.1, 0.15) is 11.9 Å². The number of pyridine rings is 1. The van der Waals surface area contributed by atoms with Crippen LogP contribution in [0.4, 0.5) is 5.69 Å². The molecule has 0 spiro atoms. The lowest BCUT2D eigenvalue weighted by Crippen LogP contribution is -2.28. The van der Waals surface area contributed by atoms with Crippen LogP contribution in [0.25, 0.3) is 0 Å². The summed E-state index contributed by atoms with van der Waals surface area (Å²) in [7, 11) is 0. The second-order valence-electron chi connectivity index (χ2n) is 3.37. The number of nitrogen functional groups attached to an aromatic ring is 1. The van der Waals surface area contributed by atoms with E-state index in [1.807, 2.05) is 0 Å². The van der Waals surface area contributed by atoms with Gasteiger partial charge in [0.15, 0.2) is 0 Å². The van der Waals surface area contributed by atoms with Crippen LogP contribution in [-0.2, 0) is 4.74 Å². The van der Waals surface area contributed by atoms with Crippen molar-refractivity contribution < 1.29 is 9.47 Å². The number of aromatic nitrogens is 1. The molecule has 1 aliphatic rings. The minimum Gasteiger partial charge on any atom is -0.486 e. The normalized spacial score (nSPS) is 21.9. The van der Waals surface area contributed by atoms with Crippen molar-refractivity contribution in [3.8, 4) is 5.75 Å². The lowest BCUT2D eigenvalue weighted by atomic mass is 10.2. The Morgan fingerprint density at radius 2 is 2.50 bits per heavy atom. The molecular weight excluding hydrogens is 180 g/mol. The maximum atomic E-state index is 5.71. The molecule has 1 aromatic rings. The van der Waals surface area contributed by atoms with Crippen LogP contribution in [-0.4, -0.2) is 24.3 Å². The smallest absolute Gasteiger partial charge is 0.145 e. The summed E-state index contributed by atoms with van der Waals surface area (Å²) in [5.74, 6) is 0.704. The number of ether oxygens (including phenoxy) is 2. The van der Waals surface area contributed by atoms with Crippen molar-refractivity contribution >= 4 is 5.69 Å². The fourth-order valence-electron chi connectivity index (χ4n) is 1.48. The highest BCUT2D eigenvalue weighted by Gasteiger charge is 2.16. The first kappa shape index (κ1) is 9.27. The second kappa shape index (κ2) is 4.28. The Hall–Kier alpha value is -1.29. The van der Waals surface area contributed by atoms with Gasteiger partial charge in [-0.15, -0.1) is 0 Å². The first-order chi connectivity index (χ1) is 6.86. The minimum absolute atomic E-state index is 0.133. The summed E-state index contributed by atoms with van der Waals surface area (Å²) < 4.78 is 11.0. The van der Waals surface area contributed by atoms with Gasteiger partial charge >= 0.3 is 0 Å². The van der Waals surface area contributed by atoms with Gasteiger partial charge in [-0.2, -0.15) is 0 Å². The van der Waals surface area contributed by atoms with Crippen molar-refractivity contribution in [2.24, 2.45) is 0 Å². The molecule has 14 heavy (non-hydrogen) atoms. The van der Waals surface area contributed by atoms with E-state index in [2.05, 4.69) is 4.98 Å². The molecule has 1 aliphatic heterocycles. The highest BCUT2D eigenvalue weighted by molar-refractivity contribution is 5.49. The molecule has 0 aromatic carbocycles. The summed E-state index contributed by atoms with van der Waals surface area (Å²) in [6.45, 7) is 1.49. The molecule has 1 aromatic heterocycles. The van der Waals surface area contributed by atoms with Gasteiger partial charge in [-0.3, -0.25) is 4.98 Å². The van der Waals surface area contributed by atoms with E-state index in [1.165, 1.54) is 0 Å². The van der Waals surface area contributed by atoms with Gasteiger partial charge in [-0.05, 0) is 12.8 Å². The molecule has 4 nitrogen and oxygen atoms in total. The molecule has 1 fully saturated rings. The number of hydrogen-bond donors (Lipinski definition) is 1. The lowest BCUT2D eigenvalue weighted by Gasteiger charge is -2.23. The molecule has 1 atom stereocenters. The number of nitrogens with zero attached hydrogens (tertiary/aromatic N) is 1. The van der Waals surface area contributed by atoms with E-state index < -0.39 is 0 Å². The maximum absolute atomic E-state index is 5.71. The maximum Gasteiger partial charge on any atom is 0.145 e. The zero-order chi connectivity index (χ0) is 9.80. The predicted octanol–water partition coefficient (Wildman–Crippen LogP) is 1.22. The minimum atomic E-state index is 0.133. The van der Waals surface area contributed by atoms with Crippen LogP contribution in [0.1, 0.15) is 12.8 Å². The van der Waals surface area contributed by atoms with Gasteiger partial charge < -0.3 is 15.2 Å².